The molecule has 1 heterocycles. The van der Waals surface area contributed by atoms with Crippen molar-refractivity contribution in [3.8, 4) is 0 Å². The molecule has 2 unspecified atom stereocenters. The topological polar surface area (TPSA) is 49.4 Å². The summed E-state index contributed by atoms with van der Waals surface area (Å²) in [4.78, 5) is 26.8. The van der Waals surface area contributed by atoms with E-state index in [1.54, 1.807) is 0 Å². The SMILES string of the molecule is O=C(CCCC(=O)N1CCCC2CCCCC21)NCCc1cccc(Cl)c1. The van der Waals surface area contributed by atoms with Crippen LogP contribution in [0.15, 0.2) is 24.3 Å². The Balaban J connectivity index is 1.33. The zero-order valence-corrected chi connectivity index (χ0v) is 16.8. The first-order chi connectivity index (χ1) is 13.1. The number of nitrogens with one attached hydrogen (secondary N) is 1. The molecule has 1 saturated heterocycles. The number of fused-ring (bicyclic) bond motifs is 1. The van der Waals surface area contributed by atoms with Gasteiger partial charge in [0.2, 0.25) is 11.8 Å². The molecule has 1 saturated carbocycles. The number of hydrogen-bond acceptors (Lipinski definition) is 2. The van der Waals surface area contributed by atoms with Crippen LogP contribution in [0.4, 0.5) is 0 Å². The van der Waals surface area contributed by atoms with Crippen LogP contribution in [-0.2, 0) is 16.0 Å². The van der Waals surface area contributed by atoms with Gasteiger partial charge in [-0.25, -0.2) is 0 Å². The fourth-order valence-corrected chi connectivity index (χ4v) is 4.82. The standard InChI is InChI=1S/C22H31ClN2O2/c23-19-9-3-6-17(16-19)13-14-24-21(26)11-4-12-22(27)25-15-5-8-18-7-1-2-10-20(18)25/h3,6,9,16,18,20H,1-2,4-5,7-8,10-15H2,(H,24,26). The number of hydrogen-bond donors (Lipinski definition) is 1. The third kappa shape index (κ3) is 5.97. The predicted molar refractivity (Wildman–Crippen MR) is 109 cm³/mol. The van der Waals surface area contributed by atoms with Gasteiger partial charge in [0.15, 0.2) is 0 Å². The van der Waals surface area contributed by atoms with E-state index < -0.39 is 0 Å². The van der Waals surface area contributed by atoms with E-state index in [1.807, 2.05) is 24.3 Å². The average molecular weight is 391 g/mol. The minimum absolute atomic E-state index is 0.0269. The lowest BCUT2D eigenvalue weighted by Gasteiger charge is -2.44. The van der Waals surface area contributed by atoms with Crippen molar-refractivity contribution in [2.45, 2.75) is 70.3 Å². The van der Waals surface area contributed by atoms with Gasteiger partial charge >= 0.3 is 0 Å². The van der Waals surface area contributed by atoms with Gasteiger partial charge in [-0.05, 0) is 62.1 Å². The Kier molecular flexibility index (Phi) is 7.57. The van der Waals surface area contributed by atoms with Gasteiger partial charge in [-0.2, -0.15) is 0 Å². The van der Waals surface area contributed by atoms with Crippen molar-refractivity contribution in [3.05, 3.63) is 34.9 Å². The van der Waals surface area contributed by atoms with Crippen LogP contribution in [0.1, 0.15) is 63.4 Å². The molecule has 1 aliphatic heterocycles. The summed E-state index contributed by atoms with van der Waals surface area (Å²) in [6.07, 6.45) is 9.74. The zero-order chi connectivity index (χ0) is 19.1. The van der Waals surface area contributed by atoms with E-state index in [-0.39, 0.29) is 11.8 Å². The highest BCUT2D eigenvalue weighted by atomic mass is 35.5. The molecule has 0 spiro atoms. The molecular formula is C22H31ClN2O2. The van der Waals surface area contributed by atoms with E-state index in [0.717, 1.165) is 30.0 Å². The molecule has 0 radical (unpaired) electrons. The Morgan fingerprint density at radius 1 is 1.11 bits per heavy atom. The number of carbonyl (C=O) groups excluding carboxylic acids is 2. The monoisotopic (exact) mass is 390 g/mol. The molecule has 1 aliphatic carbocycles. The molecule has 148 valence electrons. The highest BCUT2D eigenvalue weighted by Crippen LogP contribution is 2.35. The minimum atomic E-state index is 0.0269. The maximum atomic E-state index is 12.6. The second-order valence-electron chi connectivity index (χ2n) is 7.92. The third-order valence-corrected chi connectivity index (χ3v) is 6.22. The van der Waals surface area contributed by atoms with Gasteiger partial charge < -0.3 is 10.2 Å². The fourth-order valence-electron chi connectivity index (χ4n) is 4.61. The Hall–Kier alpha value is -1.55. The molecule has 4 nitrogen and oxygen atoms in total. The van der Waals surface area contributed by atoms with Crippen LogP contribution in [0, 0.1) is 5.92 Å². The van der Waals surface area contributed by atoms with Crippen molar-refractivity contribution >= 4 is 23.4 Å². The van der Waals surface area contributed by atoms with E-state index in [2.05, 4.69) is 10.2 Å². The molecule has 1 aromatic carbocycles. The predicted octanol–water partition coefficient (Wildman–Crippen LogP) is 4.35. The first-order valence-corrected chi connectivity index (χ1v) is 10.8. The number of rotatable bonds is 7. The number of nitrogens with zero attached hydrogens (tertiary/aromatic N) is 1. The quantitative estimate of drug-likeness (QED) is 0.752. The van der Waals surface area contributed by atoms with Gasteiger partial charge in [0.1, 0.15) is 0 Å². The highest BCUT2D eigenvalue weighted by molar-refractivity contribution is 6.30. The molecule has 2 amide bonds. The lowest BCUT2D eigenvalue weighted by atomic mass is 9.78. The molecule has 27 heavy (non-hydrogen) atoms. The molecule has 1 N–H and O–H groups in total. The maximum absolute atomic E-state index is 12.6. The van der Waals surface area contributed by atoms with Gasteiger partial charge in [0.05, 0.1) is 0 Å². The van der Waals surface area contributed by atoms with Crippen LogP contribution in [-0.4, -0.2) is 35.8 Å². The summed E-state index contributed by atoms with van der Waals surface area (Å²) in [6.45, 7) is 1.51. The number of amides is 2. The summed E-state index contributed by atoms with van der Waals surface area (Å²) in [6, 6.07) is 8.16. The molecule has 2 fully saturated rings. The van der Waals surface area contributed by atoms with Crippen molar-refractivity contribution in [3.63, 3.8) is 0 Å². The molecule has 3 rings (SSSR count). The van der Waals surface area contributed by atoms with Gasteiger partial charge in [-0.15, -0.1) is 0 Å². The van der Waals surface area contributed by atoms with E-state index in [4.69, 9.17) is 11.6 Å². The van der Waals surface area contributed by atoms with E-state index in [1.165, 1.54) is 32.1 Å². The van der Waals surface area contributed by atoms with Crippen LogP contribution in [0.2, 0.25) is 5.02 Å². The van der Waals surface area contributed by atoms with Crippen molar-refractivity contribution in [1.82, 2.24) is 10.2 Å². The van der Waals surface area contributed by atoms with Gasteiger partial charge in [0, 0.05) is 37.0 Å². The van der Waals surface area contributed by atoms with Crippen molar-refractivity contribution < 1.29 is 9.59 Å². The summed E-state index contributed by atoms with van der Waals surface area (Å²) in [5.41, 5.74) is 1.12. The van der Waals surface area contributed by atoms with Crippen LogP contribution >= 0.6 is 11.6 Å². The first kappa shape index (κ1) is 20.2. The zero-order valence-electron chi connectivity index (χ0n) is 16.1. The molecule has 0 aromatic heterocycles. The normalized spacial score (nSPS) is 22.2. The molecule has 5 heteroatoms. The van der Waals surface area contributed by atoms with Gasteiger partial charge in [0.25, 0.3) is 0 Å². The van der Waals surface area contributed by atoms with Crippen LogP contribution in [0.5, 0.6) is 0 Å². The second-order valence-corrected chi connectivity index (χ2v) is 8.36. The molecule has 1 aromatic rings. The Morgan fingerprint density at radius 2 is 1.93 bits per heavy atom. The highest BCUT2D eigenvalue weighted by Gasteiger charge is 2.35. The second kappa shape index (κ2) is 10.1. The minimum Gasteiger partial charge on any atom is -0.356 e. The number of likely N-dealkylation sites (tertiary alicyclic amines) is 1. The summed E-state index contributed by atoms with van der Waals surface area (Å²) in [5.74, 6) is 0.989. The maximum Gasteiger partial charge on any atom is 0.222 e. The van der Waals surface area contributed by atoms with Crippen molar-refractivity contribution in [1.29, 1.82) is 0 Å². The molecule has 2 aliphatic rings. The summed E-state index contributed by atoms with van der Waals surface area (Å²) in [7, 11) is 0. The largest absolute Gasteiger partial charge is 0.356 e. The Morgan fingerprint density at radius 3 is 2.78 bits per heavy atom. The van der Waals surface area contributed by atoms with Crippen molar-refractivity contribution in [2.75, 3.05) is 13.1 Å². The number of carbonyl (C=O) groups is 2. The van der Waals surface area contributed by atoms with Crippen LogP contribution in [0.25, 0.3) is 0 Å². The molecule has 0 bridgehead atoms. The smallest absolute Gasteiger partial charge is 0.222 e. The molecular weight excluding hydrogens is 360 g/mol. The average Bonchev–Trinajstić information content (AvgIpc) is 2.67. The lowest BCUT2D eigenvalue weighted by Crippen LogP contribution is -2.49. The number of halogens is 1. The number of piperidine rings is 1. The van der Waals surface area contributed by atoms with E-state index >= 15 is 0 Å². The van der Waals surface area contributed by atoms with Gasteiger partial charge in [-0.3, -0.25) is 9.59 Å². The summed E-state index contributed by atoms with van der Waals surface area (Å²) >= 11 is 5.97. The Labute approximate surface area is 167 Å². The number of benzene rings is 1. The third-order valence-electron chi connectivity index (χ3n) is 5.98. The molecule has 2 atom stereocenters. The van der Waals surface area contributed by atoms with Crippen molar-refractivity contribution in [2.24, 2.45) is 5.92 Å². The van der Waals surface area contributed by atoms with Gasteiger partial charge in [-0.1, -0.05) is 36.6 Å². The Bertz CT molecular complexity index is 647. The summed E-state index contributed by atoms with van der Waals surface area (Å²) in [5, 5.41) is 3.66. The lowest BCUT2D eigenvalue weighted by molar-refractivity contribution is -0.137. The van der Waals surface area contributed by atoms with Crippen LogP contribution < -0.4 is 5.32 Å². The van der Waals surface area contributed by atoms with Crippen LogP contribution in [0.3, 0.4) is 0 Å². The summed E-state index contributed by atoms with van der Waals surface area (Å²) < 4.78 is 0. The first-order valence-electron chi connectivity index (χ1n) is 10.4. The van der Waals surface area contributed by atoms with E-state index in [0.29, 0.717) is 37.8 Å². The fraction of sp³-hybridized carbons (Fsp3) is 0.636. The van der Waals surface area contributed by atoms with E-state index in [9.17, 15) is 9.59 Å².